The van der Waals surface area contributed by atoms with Crippen LogP contribution < -0.4 is 10.5 Å². The minimum Gasteiger partial charge on any atom is -0.382 e. The van der Waals surface area contributed by atoms with Crippen molar-refractivity contribution in [3.63, 3.8) is 0 Å². The van der Waals surface area contributed by atoms with E-state index in [-0.39, 0.29) is 4.90 Å². The highest BCUT2D eigenvalue weighted by molar-refractivity contribution is 9.10. The third-order valence-corrected chi connectivity index (χ3v) is 4.62. The van der Waals surface area contributed by atoms with Gasteiger partial charge in [0.1, 0.15) is 0 Å². The number of nitrogens with two attached hydrogens (primary N) is 1. The van der Waals surface area contributed by atoms with E-state index in [0.29, 0.717) is 6.04 Å². The summed E-state index contributed by atoms with van der Waals surface area (Å²) in [6.07, 6.45) is 3.82. The summed E-state index contributed by atoms with van der Waals surface area (Å²) in [5.41, 5.74) is 0.899. The van der Waals surface area contributed by atoms with Crippen LogP contribution in [0.25, 0.3) is 0 Å². The van der Waals surface area contributed by atoms with Crippen molar-refractivity contribution < 1.29 is 8.42 Å². The normalized spacial score (nSPS) is 17.5. The molecule has 4 nitrogen and oxygen atoms in total. The second kappa shape index (κ2) is 5.19. The van der Waals surface area contributed by atoms with Gasteiger partial charge in [0.15, 0.2) is 0 Å². The zero-order chi connectivity index (χ0) is 13.3. The molecule has 0 bridgehead atoms. The Morgan fingerprint density at radius 2 is 2.17 bits per heavy atom. The molecule has 1 aromatic carbocycles. The summed E-state index contributed by atoms with van der Waals surface area (Å²) < 4.78 is 23.1. The first-order chi connectivity index (χ1) is 8.36. The van der Waals surface area contributed by atoms with Gasteiger partial charge in [-0.15, -0.1) is 0 Å². The van der Waals surface area contributed by atoms with Crippen LogP contribution >= 0.6 is 15.9 Å². The van der Waals surface area contributed by atoms with Crippen molar-refractivity contribution in [2.24, 2.45) is 11.1 Å². The molecule has 1 unspecified atom stereocenters. The third-order valence-electron chi connectivity index (χ3n) is 3.05. The predicted molar refractivity (Wildman–Crippen MR) is 75.9 cm³/mol. The van der Waals surface area contributed by atoms with E-state index in [1.807, 2.05) is 0 Å². The van der Waals surface area contributed by atoms with Crippen LogP contribution in [0.4, 0.5) is 5.69 Å². The number of hydrogen-bond donors (Lipinski definition) is 2. The first-order valence-electron chi connectivity index (χ1n) is 5.95. The summed E-state index contributed by atoms with van der Waals surface area (Å²) >= 11 is 3.37. The van der Waals surface area contributed by atoms with Crippen LogP contribution in [0.3, 0.4) is 0 Å². The highest BCUT2D eigenvalue weighted by Crippen LogP contribution is 2.34. The Hall–Kier alpha value is -0.590. The molecule has 18 heavy (non-hydrogen) atoms. The van der Waals surface area contributed by atoms with Crippen LogP contribution in [-0.4, -0.2) is 14.5 Å². The topological polar surface area (TPSA) is 72.2 Å². The number of nitrogens with one attached hydrogen (secondary N) is 1. The Balaban J connectivity index is 2.09. The summed E-state index contributed by atoms with van der Waals surface area (Å²) in [4.78, 5) is 0.120. The van der Waals surface area contributed by atoms with E-state index in [1.165, 1.54) is 25.0 Å². The van der Waals surface area contributed by atoms with Crippen molar-refractivity contribution in [1.82, 2.24) is 0 Å². The molecule has 100 valence electrons. The fourth-order valence-electron chi connectivity index (χ4n) is 1.97. The molecule has 0 saturated heterocycles. The van der Waals surface area contributed by atoms with Gasteiger partial charge < -0.3 is 5.32 Å². The smallest absolute Gasteiger partial charge is 0.238 e. The van der Waals surface area contributed by atoms with Gasteiger partial charge in [0.25, 0.3) is 0 Å². The first-order valence-corrected chi connectivity index (χ1v) is 8.29. The summed E-state index contributed by atoms with van der Waals surface area (Å²) in [5, 5.41) is 8.46. The van der Waals surface area contributed by atoms with E-state index >= 15 is 0 Å². The van der Waals surface area contributed by atoms with Crippen LogP contribution in [-0.2, 0) is 10.0 Å². The molecule has 1 fully saturated rings. The number of sulfonamides is 1. The number of rotatable bonds is 5. The Kier molecular flexibility index (Phi) is 3.99. The molecule has 0 spiro atoms. The lowest BCUT2D eigenvalue weighted by Gasteiger charge is -2.16. The van der Waals surface area contributed by atoms with E-state index in [9.17, 15) is 8.42 Å². The minimum atomic E-state index is -3.64. The summed E-state index contributed by atoms with van der Waals surface area (Å²) in [7, 11) is -3.64. The molecule has 0 aliphatic heterocycles. The zero-order valence-electron chi connectivity index (χ0n) is 10.2. The van der Waals surface area contributed by atoms with Gasteiger partial charge in [-0.1, -0.05) is 12.8 Å². The second-order valence-corrected chi connectivity index (χ2v) is 7.33. The van der Waals surface area contributed by atoms with Gasteiger partial charge in [0, 0.05) is 16.2 Å². The van der Waals surface area contributed by atoms with E-state index in [1.54, 1.807) is 6.07 Å². The lowest BCUT2D eigenvalue weighted by Crippen LogP contribution is -2.17. The zero-order valence-corrected chi connectivity index (χ0v) is 12.6. The summed E-state index contributed by atoms with van der Waals surface area (Å²) in [6, 6.07) is 5.18. The lowest BCUT2D eigenvalue weighted by atomic mass is 10.1. The van der Waals surface area contributed by atoms with Crippen molar-refractivity contribution in [1.29, 1.82) is 0 Å². The maximum absolute atomic E-state index is 11.2. The molecule has 0 amide bonds. The van der Waals surface area contributed by atoms with Gasteiger partial charge in [-0.25, -0.2) is 13.6 Å². The van der Waals surface area contributed by atoms with E-state index in [2.05, 4.69) is 28.2 Å². The van der Waals surface area contributed by atoms with Crippen LogP contribution in [0.15, 0.2) is 27.6 Å². The summed E-state index contributed by atoms with van der Waals surface area (Å²) in [5.74, 6) is 0.856. The molecule has 1 aromatic rings. The lowest BCUT2D eigenvalue weighted by molar-refractivity contribution is 0.597. The van der Waals surface area contributed by atoms with Crippen molar-refractivity contribution in [2.45, 2.75) is 37.1 Å². The van der Waals surface area contributed by atoms with Crippen molar-refractivity contribution >= 4 is 31.6 Å². The molecule has 3 N–H and O–H groups in total. The van der Waals surface area contributed by atoms with E-state index in [4.69, 9.17) is 5.14 Å². The van der Waals surface area contributed by atoms with Gasteiger partial charge in [-0.05, 0) is 53.4 Å². The quantitative estimate of drug-likeness (QED) is 0.870. The SMILES string of the molecule is CC(CC1CC1)Nc1ccc(S(N)(=O)=O)cc1Br. The molecule has 0 heterocycles. The minimum absolute atomic E-state index is 0.120. The molecular weight excluding hydrogens is 316 g/mol. The molecule has 0 aromatic heterocycles. The van der Waals surface area contributed by atoms with Crippen molar-refractivity contribution in [3.05, 3.63) is 22.7 Å². The molecule has 0 radical (unpaired) electrons. The third kappa shape index (κ3) is 3.70. The Morgan fingerprint density at radius 3 is 2.67 bits per heavy atom. The van der Waals surface area contributed by atoms with Gasteiger partial charge in [-0.2, -0.15) is 0 Å². The molecule has 6 heteroatoms. The number of anilines is 1. The number of hydrogen-bond acceptors (Lipinski definition) is 3. The van der Waals surface area contributed by atoms with Gasteiger partial charge in [-0.3, -0.25) is 0 Å². The van der Waals surface area contributed by atoms with E-state index in [0.717, 1.165) is 22.5 Å². The molecule has 1 atom stereocenters. The largest absolute Gasteiger partial charge is 0.382 e. The Labute approximate surface area is 116 Å². The van der Waals surface area contributed by atoms with Crippen molar-refractivity contribution in [3.8, 4) is 0 Å². The molecule has 1 aliphatic carbocycles. The standard InChI is InChI=1S/C12H17BrN2O2S/c1-8(6-9-2-3-9)15-12-5-4-10(7-11(12)13)18(14,16)17/h4-5,7-9,15H,2-3,6H2,1H3,(H2,14,16,17). The number of halogens is 1. The molecule has 1 aliphatic rings. The molecular formula is C12H17BrN2O2S. The number of primary sulfonamides is 1. The van der Waals surface area contributed by atoms with Gasteiger partial charge >= 0.3 is 0 Å². The Morgan fingerprint density at radius 1 is 1.50 bits per heavy atom. The Bertz CT molecular complexity index is 541. The highest BCUT2D eigenvalue weighted by Gasteiger charge is 2.23. The van der Waals surface area contributed by atoms with Crippen LogP contribution in [0.1, 0.15) is 26.2 Å². The maximum Gasteiger partial charge on any atom is 0.238 e. The maximum atomic E-state index is 11.2. The van der Waals surface area contributed by atoms with Crippen LogP contribution in [0, 0.1) is 5.92 Å². The summed E-state index contributed by atoms with van der Waals surface area (Å²) in [6.45, 7) is 2.14. The average molecular weight is 333 g/mol. The average Bonchev–Trinajstić information content (AvgIpc) is 3.03. The second-order valence-electron chi connectivity index (χ2n) is 4.91. The van der Waals surface area contributed by atoms with Gasteiger partial charge in [0.2, 0.25) is 10.0 Å². The fraction of sp³-hybridized carbons (Fsp3) is 0.500. The molecule has 1 saturated carbocycles. The monoisotopic (exact) mass is 332 g/mol. The highest BCUT2D eigenvalue weighted by atomic mass is 79.9. The van der Waals surface area contributed by atoms with Crippen LogP contribution in [0.5, 0.6) is 0 Å². The van der Waals surface area contributed by atoms with Gasteiger partial charge in [0.05, 0.1) is 4.90 Å². The van der Waals surface area contributed by atoms with Crippen LogP contribution in [0.2, 0.25) is 0 Å². The van der Waals surface area contributed by atoms with E-state index < -0.39 is 10.0 Å². The fourth-order valence-corrected chi connectivity index (χ4v) is 3.15. The predicted octanol–water partition coefficient (Wildman–Crippen LogP) is 2.70. The first kappa shape index (κ1) is 13.8. The molecule has 2 rings (SSSR count). The number of benzene rings is 1. The van der Waals surface area contributed by atoms with Crippen molar-refractivity contribution in [2.75, 3.05) is 5.32 Å².